The lowest BCUT2D eigenvalue weighted by atomic mass is 9.94. The molecule has 1 aromatic rings. The Balaban J connectivity index is 2.20. The van der Waals surface area contributed by atoms with E-state index in [1.165, 1.54) is 26.0 Å². The summed E-state index contributed by atoms with van der Waals surface area (Å²) < 4.78 is 48.2. The summed E-state index contributed by atoms with van der Waals surface area (Å²) in [4.78, 5) is 12.6. The number of aliphatic hydroxyl groups is 1. The quantitative estimate of drug-likeness (QED) is 0.254. The molecule has 0 heterocycles. The Bertz CT molecular complexity index is 1020. The first-order chi connectivity index (χ1) is 17.5. The van der Waals surface area contributed by atoms with Gasteiger partial charge in [0.2, 0.25) is 0 Å². The zero-order valence-electron chi connectivity index (χ0n) is 23.8. The molecule has 0 radical (unpaired) electrons. The Kier molecular flexibility index (Phi) is 10.5. The van der Waals surface area contributed by atoms with Crippen molar-refractivity contribution < 1.29 is 27.8 Å². The van der Waals surface area contributed by atoms with Crippen LogP contribution in [0.2, 0.25) is 0 Å². The number of carbonyl (C=O) groups is 1. The van der Waals surface area contributed by atoms with Crippen molar-refractivity contribution in [1.29, 1.82) is 0 Å². The Morgan fingerprint density at radius 3 is 2.34 bits per heavy atom. The average molecular weight is 540 g/mol. The number of allylic oxidation sites excluding steroid dienone is 2. The van der Waals surface area contributed by atoms with Gasteiger partial charge in [0.15, 0.2) is 6.17 Å². The summed E-state index contributed by atoms with van der Waals surface area (Å²) in [6, 6.07) is 3.68. The number of nitrogens with one attached hydrogen (secondary N) is 3. The fourth-order valence-corrected chi connectivity index (χ4v) is 4.40. The summed E-state index contributed by atoms with van der Waals surface area (Å²) in [6.45, 7) is 11.1. The molecule has 3 unspecified atom stereocenters. The molecule has 1 amide bonds. The first-order valence-electron chi connectivity index (χ1n) is 13.1. The lowest BCUT2D eigenvalue weighted by Gasteiger charge is -2.29. The molecule has 38 heavy (non-hydrogen) atoms. The number of amides is 1. The van der Waals surface area contributed by atoms with Crippen molar-refractivity contribution in [3.05, 3.63) is 52.9 Å². The van der Waals surface area contributed by atoms with E-state index in [1.54, 1.807) is 46.9 Å². The highest BCUT2D eigenvalue weighted by Gasteiger charge is 2.45. The number of aliphatic hydroxyl groups excluding tert-OH is 1. The highest BCUT2D eigenvalue weighted by atomic mass is 19.2. The van der Waals surface area contributed by atoms with Gasteiger partial charge in [-0.05, 0) is 103 Å². The molecule has 0 aliphatic heterocycles. The van der Waals surface area contributed by atoms with Gasteiger partial charge in [-0.2, -0.15) is 0 Å². The molecule has 0 aromatic heterocycles. The summed E-state index contributed by atoms with van der Waals surface area (Å²) >= 11 is 0. The second kappa shape index (κ2) is 12.6. The molecule has 4 N–H and O–H groups in total. The monoisotopic (exact) mass is 539 g/mol. The SMILES string of the molecule is C/C=C(\C=C(/C)C(F)C(C)(C)F)C1(NCC(O)C(Cc2cc(F)cc(NC)c2)NC(=O)OC(C)(C)C)CC1. The van der Waals surface area contributed by atoms with E-state index in [2.05, 4.69) is 16.0 Å². The summed E-state index contributed by atoms with van der Waals surface area (Å²) in [5.41, 5.74) is -0.948. The maximum Gasteiger partial charge on any atom is 0.407 e. The van der Waals surface area contributed by atoms with Crippen LogP contribution in [0.3, 0.4) is 0 Å². The molecule has 0 saturated heterocycles. The Hall–Kier alpha value is -2.52. The lowest BCUT2D eigenvalue weighted by molar-refractivity contribution is 0.0420. The van der Waals surface area contributed by atoms with Crippen LogP contribution in [0.5, 0.6) is 0 Å². The van der Waals surface area contributed by atoms with Gasteiger partial charge < -0.3 is 25.8 Å². The van der Waals surface area contributed by atoms with Crippen LogP contribution in [0.15, 0.2) is 41.5 Å². The number of hydrogen-bond acceptors (Lipinski definition) is 5. The standard InChI is InChI=1S/C29H44F3N3O3/c1-9-20(12-18(2)25(31)28(6,7)32)29(10-11-29)34-17-24(36)23(35-26(37)38-27(3,4)5)15-19-13-21(30)16-22(14-19)33-8/h9,12-14,16,23-25,33-34,36H,10-11,15,17H2,1-8H3,(H,35,37)/b18-12+,20-9+. The van der Waals surface area contributed by atoms with Crippen molar-refractivity contribution >= 4 is 11.8 Å². The third kappa shape index (κ3) is 9.34. The average Bonchev–Trinajstić information content (AvgIpc) is 3.58. The Morgan fingerprint density at radius 1 is 1.21 bits per heavy atom. The zero-order chi connectivity index (χ0) is 28.9. The topological polar surface area (TPSA) is 82.6 Å². The summed E-state index contributed by atoms with van der Waals surface area (Å²) in [5.74, 6) is -0.435. The van der Waals surface area contributed by atoms with E-state index >= 15 is 0 Å². The Labute approximate surface area is 225 Å². The van der Waals surface area contributed by atoms with Gasteiger partial charge in [-0.25, -0.2) is 18.0 Å². The van der Waals surface area contributed by atoms with Gasteiger partial charge in [-0.3, -0.25) is 0 Å². The molecule has 1 aromatic carbocycles. The van der Waals surface area contributed by atoms with Crippen molar-refractivity contribution in [3.63, 3.8) is 0 Å². The molecule has 1 fully saturated rings. The van der Waals surface area contributed by atoms with E-state index in [0.717, 1.165) is 18.4 Å². The second-order valence-corrected chi connectivity index (χ2v) is 11.6. The van der Waals surface area contributed by atoms with Crippen molar-refractivity contribution in [2.45, 2.75) is 103 Å². The second-order valence-electron chi connectivity index (χ2n) is 11.6. The number of alkyl halides is 2. The molecular weight excluding hydrogens is 495 g/mol. The smallest absolute Gasteiger partial charge is 0.407 e. The normalized spacial score (nSPS) is 18.4. The molecule has 3 atom stereocenters. The molecule has 0 bridgehead atoms. The van der Waals surface area contributed by atoms with Crippen LogP contribution in [0.25, 0.3) is 0 Å². The van der Waals surface area contributed by atoms with Gasteiger partial charge in [-0.1, -0.05) is 12.2 Å². The fraction of sp³-hybridized carbons (Fsp3) is 0.621. The van der Waals surface area contributed by atoms with Crippen LogP contribution in [0.1, 0.15) is 66.9 Å². The van der Waals surface area contributed by atoms with E-state index in [1.807, 2.05) is 13.0 Å². The van der Waals surface area contributed by atoms with Crippen LogP contribution >= 0.6 is 0 Å². The summed E-state index contributed by atoms with van der Waals surface area (Å²) in [5, 5.41) is 20.1. The summed E-state index contributed by atoms with van der Waals surface area (Å²) in [6.07, 6.45) is 1.72. The van der Waals surface area contributed by atoms with Crippen LogP contribution in [-0.2, 0) is 11.2 Å². The third-order valence-electron chi connectivity index (χ3n) is 6.52. The van der Waals surface area contributed by atoms with Crippen LogP contribution in [0, 0.1) is 5.82 Å². The zero-order valence-corrected chi connectivity index (χ0v) is 23.8. The predicted molar refractivity (Wildman–Crippen MR) is 146 cm³/mol. The fourth-order valence-electron chi connectivity index (χ4n) is 4.40. The van der Waals surface area contributed by atoms with E-state index in [0.29, 0.717) is 11.3 Å². The molecule has 1 aliphatic rings. The largest absolute Gasteiger partial charge is 0.444 e. The van der Waals surface area contributed by atoms with Gasteiger partial charge in [0, 0.05) is 24.8 Å². The van der Waals surface area contributed by atoms with E-state index in [9.17, 15) is 23.1 Å². The first kappa shape index (κ1) is 31.7. The molecule has 0 spiro atoms. The van der Waals surface area contributed by atoms with E-state index in [-0.39, 0.29) is 18.5 Å². The van der Waals surface area contributed by atoms with Crippen molar-refractivity contribution in [2.24, 2.45) is 0 Å². The number of ether oxygens (including phenoxy) is 1. The predicted octanol–water partition coefficient (Wildman–Crippen LogP) is 5.77. The molecule has 6 nitrogen and oxygen atoms in total. The molecule has 2 rings (SSSR count). The maximum absolute atomic E-state index is 14.5. The Morgan fingerprint density at radius 2 is 1.84 bits per heavy atom. The molecular formula is C29H44F3N3O3. The van der Waals surface area contributed by atoms with Gasteiger partial charge in [0.05, 0.1) is 12.1 Å². The number of β-amino-alcohol motifs (C(OH)–C–C–N with tert-alkyl or cyclic N) is 1. The van der Waals surface area contributed by atoms with Crippen molar-refractivity contribution in [1.82, 2.24) is 10.6 Å². The molecule has 214 valence electrons. The lowest BCUT2D eigenvalue weighted by Crippen LogP contribution is -2.51. The van der Waals surface area contributed by atoms with Crippen LogP contribution in [0.4, 0.5) is 23.7 Å². The van der Waals surface area contributed by atoms with Gasteiger partial charge in [-0.15, -0.1) is 0 Å². The minimum absolute atomic E-state index is 0.104. The highest BCUT2D eigenvalue weighted by molar-refractivity contribution is 5.68. The van der Waals surface area contributed by atoms with Gasteiger partial charge >= 0.3 is 6.09 Å². The molecule has 1 saturated carbocycles. The minimum Gasteiger partial charge on any atom is -0.444 e. The van der Waals surface area contributed by atoms with Crippen molar-refractivity contribution in [3.8, 4) is 0 Å². The number of benzene rings is 1. The third-order valence-corrected chi connectivity index (χ3v) is 6.52. The van der Waals surface area contributed by atoms with Crippen molar-refractivity contribution in [2.75, 3.05) is 18.9 Å². The minimum atomic E-state index is -2.00. The highest BCUT2D eigenvalue weighted by Crippen LogP contribution is 2.43. The maximum atomic E-state index is 14.5. The van der Waals surface area contributed by atoms with Crippen LogP contribution in [-0.4, -0.2) is 59.9 Å². The van der Waals surface area contributed by atoms with E-state index < -0.39 is 47.0 Å². The molecule has 1 aliphatic carbocycles. The van der Waals surface area contributed by atoms with E-state index in [4.69, 9.17) is 4.74 Å². The van der Waals surface area contributed by atoms with Crippen LogP contribution < -0.4 is 16.0 Å². The van der Waals surface area contributed by atoms with Gasteiger partial charge in [0.1, 0.15) is 17.1 Å². The number of rotatable bonds is 12. The number of alkyl carbamates (subject to hydrolysis) is 1. The number of hydrogen-bond donors (Lipinski definition) is 4. The number of carbonyl (C=O) groups excluding carboxylic acids is 1. The summed E-state index contributed by atoms with van der Waals surface area (Å²) in [7, 11) is 1.68. The number of halogens is 3. The number of anilines is 1. The van der Waals surface area contributed by atoms with Gasteiger partial charge in [0.25, 0.3) is 0 Å². The molecule has 9 heteroatoms. The first-order valence-corrected chi connectivity index (χ1v) is 13.1.